The van der Waals surface area contributed by atoms with Crippen molar-refractivity contribution in [1.29, 1.82) is 0 Å². The van der Waals surface area contributed by atoms with E-state index in [1.54, 1.807) is 6.20 Å². The van der Waals surface area contributed by atoms with Gasteiger partial charge in [0.1, 0.15) is 5.82 Å². The molecule has 17 heavy (non-hydrogen) atoms. The highest BCUT2D eigenvalue weighted by Crippen LogP contribution is 2.20. The topological polar surface area (TPSA) is 53.6 Å². The molecule has 84 valence electrons. The van der Waals surface area contributed by atoms with Gasteiger partial charge in [0, 0.05) is 24.5 Å². The van der Waals surface area contributed by atoms with Crippen LogP contribution in [0.1, 0.15) is 0 Å². The SMILES string of the molecule is CNc1ccc(-c2nc3ncccc3[nH]2)cc1. The van der Waals surface area contributed by atoms with E-state index >= 15 is 0 Å². The number of nitrogens with zero attached hydrogens (tertiary/aromatic N) is 2. The number of anilines is 1. The molecule has 3 rings (SSSR count). The first-order valence-corrected chi connectivity index (χ1v) is 5.46. The first kappa shape index (κ1) is 9.84. The molecule has 2 heterocycles. The zero-order valence-corrected chi connectivity index (χ0v) is 9.44. The molecule has 0 atom stereocenters. The summed E-state index contributed by atoms with van der Waals surface area (Å²) in [5, 5.41) is 3.09. The molecule has 0 saturated carbocycles. The smallest absolute Gasteiger partial charge is 0.178 e. The number of aromatic nitrogens is 3. The van der Waals surface area contributed by atoms with Crippen molar-refractivity contribution in [3.05, 3.63) is 42.6 Å². The fourth-order valence-corrected chi connectivity index (χ4v) is 1.78. The van der Waals surface area contributed by atoms with Crippen LogP contribution in [0.3, 0.4) is 0 Å². The molecule has 0 aliphatic rings. The zero-order chi connectivity index (χ0) is 11.7. The predicted molar refractivity (Wildman–Crippen MR) is 68.9 cm³/mol. The predicted octanol–water partition coefficient (Wildman–Crippen LogP) is 2.67. The lowest BCUT2D eigenvalue weighted by molar-refractivity contribution is 1.30. The number of hydrogen-bond donors (Lipinski definition) is 2. The van der Waals surface area contributed by atoms with Gasteiger partial charge in [-0.2, -0.15) is 0 Å². The van der Waals surface area contributed by atoms with Gasteiger partial charge in [-0.15, -0.1) is 0 Å². The van der Waals surface area contributed by atoms with Crippen LogP contribution >= 0.6 is 0 Å². The highest BCUT2D eigenvalue weighted by molar-refractivity contribution is 5.75. The summed E-state index contributed by atoms with van der Waals surface area (Å²) in [6, 6.07) is 12.0. The van der Waals surface area contributed by atoms with E-state index in [9.17, 15) is 0 Å². The largest absolute Gasteiger partial charge is 0.388 e. The molecule has 0 radical (unpaired) electrons. The number of rotatable bonds is 2. The van der Waals surface area contributed by atoms with Crippen LogP contribution in [0.5, 0.6) is 0 Å². The van der Waals surface area contributed by atoms with Crippen molar-refractivity contribution >= 4 is 16.9 Å². The Hall–Kier alpha value is -2.36. The van der Waals surface area contributed by atoms with E-state index in [1.807, 2.05) is 43.4 Å². The van der Waals surface area contributed by atoms with Crippen molar-refractivity contribution < 1.29 is 0 Å². The molecule has 2 N–H and O–H groups in total. The van der Waals surface area contributed by atoms with Crippen LogP contribution in [0.4, 0.5) is 5.69 Å². The molecule has 0 spiro atoms. The van der Waals surface area contributed by atoms with Crippen LogP contribution in [-0.2, 0) is 0 Å². The minimum absolute atomic E-state index is 0.750. The Kier molecular flexibility index (Phi) is 2.26. The molecular weight excluding hydrogens is 212 g/mol. The van der Waals surface area contributed by atoms with Crippen LogP contribution in [0, 0.1) is 0 Å². The molecule has 0 aliphatic carbocycles. The Balaban J connectivity index is 2.07. The van der Waals surface area contributed by atoms with Gasteiger partial charge in [-0.3, -0.25) is 0 Å². The van der Waals surface area contributed by atoms with E-state index in [1.165, 1.54) is 0 Å². The standard InChI is InChI=1S/C13H12N4/c1-14-10-6-4-9(5-7-10)12-16-11-3-2-8-15-13(11)17-12/h2-8,14H,1H3,(H,15,16,17). The van der Waals surface area contributed by atoms with Crippen molar-refractivity contribution in [2.24, 2.45) is 0 Å². The quantitative estimate of drug-likeness (QED) is 0.703. The average molecular weight is 224 g/mol. The second kappa shape index (κ2) is 3.90. The van der Waals surface area contributed by atoms with E-state index in [-0.39, 0.29) is 0 Å². The number of benzene rings is 1. The van der Waals surface area contributed by atoms with Gasteiger partial charge in [-0.25, -0.2) is 9.97 Å². The van der Waals surface area contributed by atoms with Crippen LogP contribution in [0.15, 0.2) is 42.6 Å². The van der Waals surface area contributed by atoms with Gasteiger partial charge < -0.3 is 10.3 Å². The van der Waals surface area contributed by atoms with Crippen LogP contribution in [0.2, 0.25) is 0 Å². The van der Waals surface area contributed by atoms with Gasteiger partial charge in [0.05, 0.1) is 5.52 Å². The number of nitrogens with one attached hydrogen (secondary N) is 2. The highest BCUT2D eigenvalue weighted by Gasteiger charge is 2.04. The molecule has 1 aromatic carbocycles. The average Bonchev–Trinajstić information content (AvgIpc) is 2.82. The Labute approximate surface area is 98.7 Å². The Morgan fingerprint density at radius 2 is 1.94 bits per heavy atom. The van der Waals surface area contributed by atoms with Gasteiger partial charge in [-0.05, 0) is 36.4 Å². The summed E-state index contributed by atoms with van der Waals surface area (Å²) >= 11 is 0. The normalized spacial score (nSPS) is 10.6. The molecule has 0 bridgehead atoms. The third-order valence-corrected chi connectivity index (χ3v) is 2.70. The van der Waals surface area contributed by atoms with Crippen molar-refractivity contribution in [3.8, 4) is 11.4 Å². The summed E-state index contributed by atoms with van der Waals surface area (Å²) in [5.74, 6) is 0.848. The zero-order valence-electron chi connectivity index (χ0n) is 9.44. The summed E-state index contributed by atoms with van der Waals surface area (Å²) in [5.41, 5.74) is 3.85. The Morgan fingerprint density at radius 3 is 2.65 bits per heavy atom. The van der Waals surface area contributed by atoms with Crippen LogP contribution in [0.25, 0.3) is 22.6 Å². The van der Waals surface area contributed by atoms with Gasteiger partial charge in [-0.1, -0.05) is 0 Å². The maximum absolute atomic E-state index is 4.45. The third-order valence-electron chi connectivity index (χ3n) is 2.70. The molecule has 0 amide bonds. The highest BCUT2D eigenvalue weighted by atomic mass is 15.0. The first-order valence-electron chi connectivity index (χ1n) is 5.46. The van der Waals surface area contributed by atoms with E-state index in [0.717, 1.165) is 28.2 Å². The first-order chi connectivity index (χ1) is 8.36. The van der Waals surface area contributed by atoms with Crippen LogP contribution in [-0.4, -0.2) is 22.0 Å². The third kappa shape index (κ3) is 1.73. The number of pyridine rings is 1. The Morgan fingerprint density at radius 1 is 1.12 bits per heavy atom. The molecule has 3 aromatic rings. The summed E-state index contributed by atoms with van der Waals surface area (Å²) in [6.45, 7) is 0. The molecule has 4 heteroatoms. The summed E-state index contributed by atoms with van der Waals surface area (Å²) in [4.78, 5) is 11.9. The molecule has 0 saturated heterocycles. The maximum atomic E-state index is 4.45. The van der Waals surface area contributed by atoms with Crippen molar-refractivity contribution in [2.75, 3.05) is 12.4 Å². The minimum atomic E-state index is 0.750. The number of fused-ring (bicyclic) bond motifs is 1. The fraction of sp³-hybridized carbons (Fsp3) is 0.0769. The minimum Gasteiger partial charge on any atom is -0.388 e. The molecule has 2 aromatic heterocycles. The molecule has 4 nitrogen and oxygen atoms in total. The number of hydrogen-bond acceptors (Lipinski definition) is 3. The lowest BCUT2D eigenvalue weighted by atomic mass is 10.2. The second-order valence-electron chi connectivity index (χ2n) is 3.79. The monoisotopic (exact) mass is 224 g/mol. The fourth-order valence-electron chi connectivity index (χ4n) is 1.78. The summed E-state index contributed by atoms with van der Waals surface area (Å²) < 4.78 is 0. The van der Waals surface area contributed by atoms with Gasteiger partial charge >= 0.3 is 0 Å². The van der Waals surface area contributed by atoms with Gasteiger partial charge in [0.15, 0.2) is 5.65 Å². The lowest BCUT2D eigenvalue weighted by Gasteiger charge is -2.00. The maximum Gasteiger partial charge on any atom is 0.178 e. The van der Waals surface area contributed by atoms with Gasteiger partial charge in [0.25, 0.3) is 0 Å². The van der Waals surface area contributed by atoms with E-state index in [4.69, 9.17) is 0 Å². The van der Waals surface area contributed by atoms with Crippen molar-refractivity contribution in [1.82, 2.24) is 15.0 Å². The van der Waals surface area contributed by atoms with Gasteiger partial charge in [0.2, 0.25) is 0 Å². The molecule has 0 fully saturated rings. The molecule has 0 unspecified atom stereocenters. The van der Waals surface area contributed by atoms with Crippen molar-refractivity contribution in [2.45, 2.75) is 0 Å². The molecule has 0 aliphatic heterocycles. The Bertz CT molecular complexity index is 607. The van der Waals surface area contributed by atoms with E-state index in [0.29, 0.717) is 0 Å². The number of imidazole rings is 1. The summed E-state index contributed by atoms with van der Waals surface area (Å²) in [6.07, 6.45) is 1.75. The second-order valence-corrected chi connectivity index (χ2v) is 3.79. The molecular formula is C13H12N4. The summed E-state index contributed by atoms with van der Waals surface area (Å²) in [7, 11) is 1.90. The lowest BCUT2D eigenvalue weighted by Crippen LogP contribution is -1.87. The van der Waals surface area contributed by atoms with E-state index < -0.39 is 0 Å². The number of aromatic amines is 1. The van der Waals surface area contributed by atoms with E-state index in [2.05, 4.69) is 20.3 Å². The van der Waals surface area contributed by atoms with Crippen LogP contribution < -0.4 is 5.32 Å². The van der Waals surface area contributed by atoms with Crippen molar-refractivity contribution in [3.63, 3.8) is 0 Å². The number of H-pyrrole nitrogens is 1.